The molecule has 0 spiro atoms. The zero-order valence-corrected chi connectivity index (χ0v) is 53.4. The summed E-state index contributed by atoms with van der Waals surface area (Å²) in [7, 11) is 0. The molecule has 0 unspecified atom stereocenters. The largest absolute Gasteiger partial charge is 0.311 e. The second kappa shape index (κ2) is 38.0. The Hall–Kier alpha value is -4.00. The summed E-state index contributed by atoms with van der Waals surface area (Å²) >= 11 is 3.94. The quantitative estimate of drug-likeness (QED) is 0.0327. The SMILES string of the molecule is CCCCCCCC/C=C/N1/C(=C2\C(=O)c3ccc(-c4cc(CCCCCCCCCCCCCC)c(-c5cc(CCCCCCCCCCCCCC)c(C)s5)s4)cc3N2/C=C/CCCCCCCC)C(=O)c2ccc(C)cc21. The summed E-state index contributed by atoms with van der Waals surface area (Å²) in [4.78, 5) is 39.7. The lowest BCUT2D eigenvalue weighted by Gasteiger charge is -2.22. The highest BCUT2D eigenvalue weighted by Gasteiger charge is 2.42. The Morgan fingerprint density at radius 1 is 0.388 bits per heavy atom. The van der Waals surface area contributed by atoms with E-state index in [-0.39, 0.29) is 11.6 Å². The van der Waals surface area contributed by atoms with Crippen molar-refractivity contribution < 1.29 is 9.59 Å². The summed E-state index contributed by atoms with van der Waals surface area (Å²) in [5.41, 5.74) is 9.25. The number of hydrogen-bond acceptors (Lipinski definition) is 6. The molecule has 0 bridgehead atoms. The molecule has 0 saturated heterocycles. The molecule has 0 fully saturated rings. The summed E-state index contributed by atoms with van der Waals surface area (Å²) < 4.78 is 0. The van der Waals surface area contributed by atoms with Gasteiger partial charge in [0.05, 0.1) is 11.4 Å². The lowest BCUT2D eigenvalue weighted by atomic mass is 10.0. The van der Waals surface area contributed by atoms with Crippen LogP contribution in [0, 0.1) is 13.8 Å². The number of unbranched alkanes of at least 4 members (excludes halogenated alkanes) is 34. The highest BCUT2D eigenvalue weighted by molar-refractivity contribution is 7.24. The molecule has 2 aromatic carbocycles. The molecule has 4 heterocycles. The van der Waals surface area contributed by atoms with E-state index in [9.17, 15) is 4.79 Å². The maximum Gasteiger partial charge on any atom is 0.214 e. The van der Waals surface area contributed by atoms with Crippen molar-refractivity contribution >= 4 is 45.6 Å². The summed E-state index contributed by atoms with van der Waals surface area (Å²) in [6.07, 6.45) is 60.4. The van der Waals surface area contributed by atoms with Gasteiger partial charge in [-0.2, -0.15) is 0 Å². The maximum absolute atomic E-state index is 15.1. The van der Waals surface area contributed by atoms with Crippen LogP contribution in [0.2, 0.25) is 0 Å². The molecule has 2 aliphatic heterocycles. The van der Waals surface area contributed by atoms with Gasteiger partial charge in [0.15, 0.2) is 0 Å². The molecule has 2 aliphatic rings. The molecule has 0 radical (unpaired) electrons. The number of hydrogen-bond donors (Lipinski definition) is 0. The van der Waals surface area contributed by atoms with E-state index in [0.717, 1.165) is 54.6 Å². The highest BCUT2D eigenvalue weighted by atomic mass is 32.1. The molecule has 440 valence electrons. The number of rotatable bonds is 44. The van der Waals surface area contributed by atoms with Crippen molar-refractivity contribution in [3.63, 3.8) is 0 Å². The molecule has 0 saturated carbocycles. The number of allylic oxidation sites excluding steroid dienone is 4. The van der Waals surface area contributed by atoms with Gasteiger partial charge in [-0.25, -0.2) is 0 Å². The van der Waals surface area contributed by atoms with Gasteiger partial charge in [-0.05, 0) is 124 Å². The van der Waals surface area contributed by atoms with Gasteiger partial charge in [0.25, 0.3) is 0 Å². The highest BCUT2D eigenvalue weighted by Crippen LogP contribution is 2.47. The number of anilines is 2. The zero-order valence-electron chi connectivity index (χ0n) is 51.7. The molecule has 6 heteroatoms. The van der Waals surface area contributed by atoms with E-state index in [1.54, 1.807) is 0 Å². The van der Waals surface area contributed by atoms with Crippen molar-refractivity contribution in [2.45, 2.75) is 298 Å². The van der Waals surface area contributed by atoms with E-state index in [4.69, 9.17) is 0 Å². The third-order valence-corrected chi connectivity index (χ3v) is 19.7. The second-order valence-corrected chi connectivity index (χ2v) is 26.5. The Bertz CT molecular complexity index is 2520. The second-order valence-electron chi connectivity index (χ2n) is 24.2. The molecule has 80 heavy (non-hydrogen) atoms. The molecule has 0 atom stereocenters. The number of carbonyl (C=O) groups excluding carboxylic acids is 2. The summed E-state index contributed by atoms with van der Waals surface area (Å²) in [6, 6.07) is 17.6. The topological polar surface area (TPSA) is 40.6 Å². The first-order valence-electron chi connectivity index (χ1n) is 33.5. The van der Waals surface area contributed by atoms with Crippen molar-refractivity contribution in [3.05, 3.63) is 117 Å². The van der Waals surface area contributed by atoms with E-state index in [1.165, 1.54) is 255 Å². The van der Waals surface area contributed by atoms with Crippen LogP contribution in [0.25, 0.3) is 20.2 Å². The molecule has 0 N–H and O–H groups in total. The van der Waals surface area contributed by atoms with E-state index in [2.05, 4.69) is 107 Å². The van der Waals surface area contributed by atoms with Crippen LogP contribution in [-0.4, -0.2) is 11.6 Å². The third kappa shape index (κ3) is 20.7. The van der Waals surface area contributed by atoms with Gasteiger partial charge in [0.2, 0.25) is 11.6 Å². The Kier molecular flexibility index (Phi) is 30.9. The number of ketones is 2. The van der Waals surface area contributed by atoms with Gasteiger partial charge in [0, 0.05) is 43.0 Å². The molecular formula is C74H110N2O2S2. The van der Waals surface area contributed by atoms with Gasteiger partial charge in [-0.3, -0.25) is 9.59 Å². The zero-order chi connectivity index (χ0) is 56.6. The number of aryl methyl sites for hydroxylation is 4. The molecular weight excluding hydrogens is 1010 g/mol. The number of thiophene rings is 2. The smallest absolute Gasteiger partial charge is 0.214 e. The van der Waals surface area contributed by atoms with Gasteiger partial charge >= 0.3 is 0 Å². The average Bonchev–Trinajstić information content (AvgIpc) is 4.29. The lowest BCUT2D eigenvalue weighted by Crippen LogP contribution is -2.25. The van der Waals surface area contributed by atoms with Crippen LogP contribution >= 0.6 is 22.7 Å². The molecule has 0 aliphatic carbocycles. The molecule has 0 amide bonds. The van der Waals surface area contributed by atoms with Crippen molar-refractivity contribution in [2.24, 2.45) is 0 Å². The predicted molar refractivity (Wildman–Crippen MR) is 353 cm³/mol. The van der Waals surface area contributed by atoms with Crippen LogP contribution < -0.4 is 9.80 Å². The van der Waals surface area contributed by atoms with Gasteiger partial charge in [-0.1, -0.05) is 257 Å². The van der Waals surface area contributed by atoms with Gasteiger partial charge < -0.3 is 9.80 Å². The number of fused-ring (bicyclic) bond motifs is 2. The van der Waals surface area contributed by atoms with E-state index >= 15 is 4.79 Å². The Morgan fingerprint density at radius 3 is 1.21 bits per heavy atom. The molecule has 2 aromatic heterocycles. The Balaban J connectivity index is 1.25. The minimum atomic E-state index is -0.0790. The first-order valence-corrected chi connectivity index (χ1v) is 35.2. The fraction of sp³-hybridized carbons (Fsp3) is 0.622. The number of benzene rings is 2. The average molecular weight is 1120 g/mol. The first-order chi connectivity index (χ1) is 39.3. The minimum absolute atomic E-state index is 0.0766. The van der Waals surface area contributed by atoms with Crippen molar-refractivity contribution in [2.75, 3.05) is 9.80 Å². The van der Waals surface area contributed by atoms with Crippen molar-refractivity contribution in [1.82, 2.24) is 0 Å². The van der Waals surface area contributed by atoms with Crippen LogP contribution in [0.4, 0.5) is 11.4 Å². The molecule has 4 nitrogen and oxygen atoms in total. The standard InChI is InChI=1S/C74H110N2O2S2/c1-7-11-15-19-23-27-29-31-33-35-39-43-47-61-57-69(79-60(61)6)74-63(48-44-40-36-34-32-30-28-24-20-16-12-8-2)58-68(80-74)62-50-52-65-67(56-62)76(54-46-42-38-26-22-18-14-10-4)71(73(65)78)70-72(77)64-51-49-59(5)55-66(64)75(70)53-45-41-37-25-21-17-13-9-3/h45-46,49-58H,7-44,47-48H2,1-6H3/b53-45+,54-46+,71-70+. The van der Waals surface area contributed by atoms with Crippen LogP contribution in [0.5, 0.6) is 0 Å². The summed E-state index contributed by atoms with van der Waals surface area (Å²) in [5, 5.41) is 0. The lowest BCUT2D eigenvalue weighted by molar-refractivity contribution is 0.101. The minimum Gasteiger partial charge on any atom is -0.311 e. The predicted octanol–water partition coefficient (Wildman–Crippen LogP) is 24.7. The normalized spacial score (nSPS) is 14.4. The van der Waals surface area contributed by atoms with E-state index < -0.39 is 0 Å². The number of carbonyl (C=O) groups is 2. The first kappa shape index (κ1) is 65.2. The molecule has 6 rings (SSSR count). The van der Waals surface area contributed by atoms with Crippen LogP contribution in [0.3, 0.4) is 0 Å². The summed E-state index contributed by atoms with van der Waals surface area (Å²) in [5.74, 6) is -0.156. The van der Waals surface area contributed by atoms with Gasteiger partial charge in [-0.15, -0.1) is 22.7 Å². The van der Waals surface area contributed by atoms with Crippen LogP contribution in [0.1, 0.15) is 314 Å². The van der Waals surface area contributed by atoms with Crippen LogP contribution in [-0.2, 0) is 12.8 Å². The fourth-order valence-electron chi connectivity index (χ4n) is 12.2. The monoisotopic (exact) mass is 1120 g/mol. The van der Waals surface area contributed by atoms with Crippen LogP contribution in [0.15, 0.2) is 84.5 Å². The van der Waals surface area contributed by atoms with Crippen molar-refractivity contribution in [3.8, 4) is 20.2 Å². The maximum atomic E-state index is 15.1. The van der Waals surface area contributed by atoms with Crippen molar-refractivity contribution in [1.29, 1.82) is 0 Å². The Labute approximate surface area is 497 Å². The Morgan fingerprint density at radius 2 is 0.762 bits per heavy atom. The number of nitrogens with zero attached hydrogens (tertiary/aromatic N) is 2. The summed E-state index contributed by atoms with van der Waals surface area (Å²) in [6.45, 7) is 13.6. The fourth-order valence-corrected chi connectivity index (χ4v) is 14.6. The number of Topliss-reactive ketones (excluding diaryl/α,β-unsaturated/α-hetero) is 2. The van der Waals surface area contributed by atoms with Gasteiger partial charge in [0.1, 0.15) is 11.4 Å². The van der Waals surface area contributed by atoms with E-state index in [0.29, 0.717) is 22.5 Å². The van der Waals surface area contributed by atoms with E-state index in [1.807, 2.05) is 39.7 Å². The third-order valence-electron chi connectivity index (χ3n) is 17.2. The molecule has 4 aromatic rings.